The van der Waals surface area contributed by atoms with Crippen LogP contribution in [0.1, 0.15) is 47.2 Å². The smallest absolute Gasteiger partial charge is 0.337 e. The van der Waals surface area contributed by atoms with Gasteiger partial charge in [-0.15, -0.1) is 0 Å². The first-order valence-electron chi connectivity index (χ1n) is 10.6. The third-order valence-electron chi connectivity index (χ3n) is 5.29. The molecule has 0 bridgehead atoms. The number of methoxy groups -OCH3 is 4. The van der Waals surface area contributed by atoms with Crippen LogP contribution >= 0.6 is 0 Å². The minimum atomic E-state index is -0.346. The number of allylic oxidation sites excluding steroid dienone is 1. The molecule has 6 nitrogen and oxygen atoms in total. The molecular weight excluding hydrogens is 408 g/mol. The Kier molecular flexibility index (Phi) is 10.3. The van der Waals surface area contributed by atoms with E-state index in [0.717, 1.165) is 48.3 Å². The lowest BCUT2D eigenvalue weighted by molar-refractivity contribution is -0.140. The van der Waals surface area contributed by atoms with Gasteiger partial charge in [0.25, 0.3) is 0 Å². The van der Waals surface area contributed by atoms with Crippen LogP contribution in [0, 0.1) is 5.92 Å². The molecule has 0 radical (unpaired) electrons. The molecule has 2 aromatic carbocycles. The van der Waals surface area contributed by atoms with Crippen LogP contribution in [0.5, 0.6) is 11.5 Å². The fraction of sp³-hybridized carbons (Fsp3) is 0.385. The largest absolute Gasteiger partial charge is 0.497 e. The number of rotatable bonds is 12. The monoisotopic (exact) mass is 440 g/mol. The van der Waals surface area contributed by atoms with Gasteiger partial charge >= 0.3 is 11.9 Å². The van der Waals surface area contributed by atoms with Gasteiger partial charge in [0.2, 0.25) is 0 Å². The number of carbonyl (C=O) groups excluding carboxylic acids is 2. The number of unbranched alkanes of at least 4 members (excludes halogenated alkanes) is 1. The molecule has 32 heavy (non-hydrogen) atoms. The number of esters is 2. The summed E-state index contributed by atoms with van der Waals surface area (Å²) in [5.74, 6) is 1.25. The molecule has 0 aliphatic rings. The molecule has 0 saturated heterocycles. The fourth-order valence-electron chi connectivity index (χ4n) is 3.45. The number of hydrogen-bond donors (Lipinski definition) is 0. The third-order valence-corrected chi connectivity index (χ3v) is 5.29. The van der Waals surface area contributed by atoms with E-state index in [9.17, 15) is 9.59 Å². The Morgan fingerprint density at radius 1 is 0.906 bits per heavy atom. The van der Waals surface area contributed by atoms with Crippen LogP contribution in [-0.2, 0) is 20.7 Å². The minimum Gasteiger partial charge on any atom is -0.497 e. The number of benzene rings is 2. The molecule has 1 unspecified atom stereocenters. The van der Waals surface area contributed by atoms with Crippen molar-refractivity contribution in [1.29, 1.82) is 0 Å². The summed E-state index contributed by atoms with van der Waals surface area (Å²) in [4.78, 5) is 23.1. The molecule has 0 heterocycles. The van der Waals surface area contributed by atoms with Gasteiger partial charge < -0.3 is 18.9 Å². The van der Waals surface area contributed by atoms with Gasteiger partial charge in [0, 0.05) is 12.0 Å². The van der Waals surface area contributed by atoms with Gasteiger partial charge in [-0.1, -0.05) is 30.7 Å². The van der Waals surface area contributed by atoms with E-state index in [1.54, 1.807) is 26.4 Å². The second-order valence-electron chi connectivity index (χ2n) is 7.44. The van der Waals surface area contributed by atoms with Crippen LogP contribution in [0.25, 0.3) is 6.08 Å². The summed E-state index contributed by atoms with van der Waals surface area (Å²) in [7, 11) is 6.06. The zero-order chi connectivity index (χ0) is 23.3. The second-order valence-corrected chi connectivity index (χ2v) is 7.44. The molecule has 0 spiro atoms. The van der Waals surface area contributed by atoms with E-state index in [1.807, 2.05) is 30.3 Å². The van der Waals surface area contributed by atoms with Gasteiger partial charge in [-0.3, -0.25) is 4.79 Å². The minimum absolute atomic E-state index is 0.184. The van der Waals surface area contributed by atoms with Crippen molar-refractivity contribution < 1.29 is 28.5 Å². The Morgan fingerprint density at radius 2 is 1.66 bits per heavy atom. The zero-order valence-electron chi connectivity index (χ0n) is 19.3. The van der Waals surface area contributed by atoms with Gasteiger partial charge in [-0.2, -0.15) is 0 Å². The summed E-state index contributed by atoms with van der Waals surface area (Å²) >= 11 is 0. The molecule has 6 heteroatoms. The summed E-state index contributed by atoms with van der Waals surface area (Å²) in [5, 5.41) is 0. The van der Waals surface area contributed by atoms with Crippen molar-refractivity contribution in [3.05, 3.63) is 65.2 Å². The molecular formula is C26H32O6. The van der Waals surface area contributed by atoms with Crippen LogP contribution in [0.4, 0.5) is 0 Å². The summed E-state index contributed by atoms with van der Waals surface area (Å²) < 4.78 is 20.3. The van der Waals surface area contributed by atoms with Crippen LogP contribution in [0.3, 0.4) is 0 Å². The van der Waals surface area contributed by atoms with Crippen molar-refractivity contribution in [1.82, 2.24) is 0 Å². The first-order chi connectivity index (χ1) is 15.5. The molecule has 1 atom stereocenters. The van der Waals surface area contributed by atoms with E-state index in [2.05, 4.69) is 12.2 Å². The fourth-order valence-corrected chi connectivity index (χ4v) is 3.45. The molecule has 0 amide bonds. The van der Waals surface area contributed by atoms with Crippen LogP contribution in [-0.4, -0.2) is 40.4 Å². The summed E-state index contributed by atoms with van der Waals surface area (Å²) in [6.07, 6.45) is 8.05. The van der Waals surface area contributed by atoms with Gasteiger partial charge in [0.1, 0.15) is 11.5 Å². The molecule has 0 N–H and O–H groups in total. The average Bonchev–Trinajstić information content (AvgIpc) is 2.84. The van der Waals surface area contributed by atoms with E-state index in [1.165, 1.54) is 14.2 Å². The second kappa shape index (κ2) is 13.2. The first-order valence-corrected chi connectivity index (χ1v) is 10.6. The van der Waals surface area contributed by atoms with E-state index < -0.39 is 0 Å². The highest BCUT2D eigenvalue weighted by Crippen LogP contribution is 2.27. The predicted octanol–water partition coefficient (Wildman–Crippen LogP) is 5.10. The molecule has 2 aromatic rings. The third kappa shape index (κ3) is 7.76. The Morgan fingerprint density at radius 3 is 2.28 bits per heavy atom. The average molecular weight is 441 g/mol. The first kappa shape index (κ1) is 25.0. The maximum atomic E-state index is 11.7. The van der Waals surface area contributed by atoms with Crippen LogP contribution in [0.2, 0.25) is 0 Å². The van der Waals surface area contributed by atoms with Crippen molar-refractivity contribution in [3.8, 4) is 11.5 Å². The standard InChI is InChI=1S/C26H32O6/c1-29-23-15-16-24(30-2)22(18-23)14-11-19(7-5-6-8-25(27)31-3)17-20-9-12-21(13-10-20)26(28)32-4/h9-16,18-19H,5-8,17H2,1-4H3/b14-11+. The maximum Gasteiger partial charge on any atom is 0.337 e. The molecule has 0 aromatic heterocycles. The molecule has 0 saturated carbocycles. The predicted molar refractivity (Wildman–Crippen MR) is 124 cm³/mol. The molecule has 0 aliphatic carbocycles. The Bertz CT molecular complexity index is 901. The highest BCUT2D eigenvalue weighted by Gasteiger charge is 2.11. The summed E-state index contributed by atoms with van der Waals surface area (Å²) in [6.45, 7) is 0. The number of ether oxygens (including phenoxy) is 4. The van der Waals surface area contributed by atoms with E-state index in [-0.39, 0.29) is 17.9 Å². The highest BCUT2D eigenvalue weighted by atomic mass is 16.5. The molecule has 172 valence electrons. The lowest BCUT2D eigenvalue weighted by Crippen LogP contribution is -2.05. The van der Waals surface area contributed by atoms with Crippen molar-refractivity contribution in [2.75, 3.05) is 28.4 Å². The van der Waals surface area contributed by atoms with Crippen LogP contribution in [0.15, 0.2) is 48.5 Å². The van der Waals surface area contributed by atoms with Crippen molar-refractivity contribution >= 4 is 18.0 Å². The van der Waals surface area contributed by atoms with Crippen molar-refractivity contribution in [2.24, 2.45) is 5.92 Å². The highest BCUT2D eigenvalue weighted by molar-refractivity contribution is 5.89. The maximum absolute atomic E-state index is 11.7. The van der Waals surface area contributed by atoms with E-state index in [4.69, 9.17) is 18.9 Å². The zero-order valence-corrected chi connectivity index (χ0v) is 19.3. The normalized spacial score (nSPS) is 11.8. The SMILES string of the molecule is COC(=O)CCCCC(/C=C/c1cc(OC)ccc1OC)Cc1ccc(C(=O)OC)cc1. The Balaban J connectivity index is 2.15. The van der Waals surface area contributed by atoms with Gasteiger partial charge in [0.05, 0.1) is 34.0 Å². The van der Waals surface area contributed by atoms with Gasteiger partial charge in [-0.05, 0) is 61.1 Å². The lowest BCUT2D eigenvalue weighted by atomic mass is 9.92. The topological polar surface area (TPSA) is 71.1 Å². The summed E-state index contributed by atoms with van der Waals surface area (Å²) in [5.41, 5.74) is 2.59. The molecule has 0 fully saturated rings. The van der Waals surface area contributed by atoms with Crippen molar-refractivity contribution in [3.63, 3.8) is 0 Å². The Labute approximate surface area is 190 Å². The van der Waals surface area contributed by atoms with Gasteiger partial charge in [0.15, 0.2) is 0 Å². The van der Waals surface area contributed by atoms with Gasteiger partial charge in [-0.25, -0.2) is 4.79 Å². The number of carbonyl (C=O) groups is 2. The molecule has 2 rings (SSSR count). The lowest BCUT2D eigenvalue weighted by Gasteiger charge is -2.14. The van der Waals surface area contributed by atoms with E-state index in [0.29, 0.717) is 12.0 Å². The van der Waals surface area contributed by atoms with Crippen molar-refractivity contribution in [2.45, 2.75) is 32.1 Å². The Hall–Kier alpha value is -3.28. The summed E-state index contributed by atoms with van der Waals surface area (Å²) in [6, 6.07) is 13.2. The quantitative estimate of drug-likeness (QED) is 0.338. The van der Waals surface area contributed by atoms with E-state index >= 15 is 0 Å². The van der Waals surface area contributed by atoms with Crippen LogP contribution < -0.4 is 9.47 Å². The molecule has 0 aliphatic heterocycles. The number of hydrogen-bond acceptors (Lipinski definition) is 6.